The van der Waals surface area contributed by atoms with Crippen molar-refractivity contribution >= 4 is 33.2 Å². The molecule has 2 aromatic rings. The summed E-state index contributed by atoms with van der Waals surface area (Å²) in [7, 11) is 3.18. The first kappa shape index (κ1) is 14.9. The second-order valence-corrected chi connectivity index (χ2v) is 5.37. The predicted octanol–water partition coefficient (Wildman–Crippen LogP) is 4.13. The van der Waals surface area contributed by atoms with Gasteiger partial charge >= 0.3 is 0 Å². The van der Waals surface area contributed by atoms with Gasteiger partial charge in [0, 0.05) is 29.5 Å². The van der Waals surface area contributed by atoms with Crippen LogP contribution in [0.3, 0.4) is 0 Å². The third-order valence-electron chi connectivity index (χ3n) is 2.72. The van der Waals surface area contributed by atoms with Crippen molar-refractivity contribution < 1.29 is 9.47 Å². The number of anilines is 1. The van der Waals surface area contributed by atoms with Gasteiger partial charge in [-0.1, -0.05) is 11.6 Å². The summed E-state index contributed by atoms with van der Waals surface area (Å²) >= 11 is 9.52. The van der Waals surface area contributed by atoms with Gasteiger partial charge in [0.15, 0.2) is 0 Å². The standard InChI is InChI=1S/C14H14BrClN2O2/c1-19-13-5-14(20-2)12(4-11(13)16)18-7-9-3-10(15)8-17-6-9/h3-6,8,18H,7H2,1-2H3. The van der Waals surface area contributed by atoms with Crippen LogP contribution in [-0.4, -0.2) is 19.2 Å². The summed E-state index contributed by atoms with van der Waals surface area (Å²) in [6, 6.07) is 5.53. The van der Waals surface area contributed by atoms with E-state index in [1.807, 2.05) is 6.07 Å². The second kappa shape index (κ2) is 6.81. The van der Waals surface area contributed by atoms with Crippen molar-refractivity contribution in [1.29, 1.82) is 0 Å². The van der Waals surface area contributed by atoms with Crippen molar-refractivity contribution in [3.8, 4) is 11.5 Å². The maximum atomic E-state index is 6.13. The summed E-state index contributed by atoms with van der Waals surface area (Å²) in [5, 5.41) is 3.80. The highest BCUT2D eigenvalue weighted by atomic mass is 79.9. The molecule has 1 N–H and O–H groups in total. The van der Waals surface area contributed by atoms with E-state index in [0.29, 0.717) is 23.1 Å². The first-order chi connectivity index (χ1) is 9.63. The fourth-order valence-corrected chi connectivity index (χ4v) is 2.40. The van der Waals surface area contributed by atoms with Crippen LogP contribution in [0.5, 0.6) is 11.5 Å². The SMILES string of the molecule is COc1cc(OC)c(NCc2cncc(Br)c2)cc1Cl. The minimum Gasteiger partial charge on any atom is -0.495 e. The highest BCUT2D eigenvalue weighted by Gasteiger charge is 2.09. The van der Waals surface area contributed by atoms with E-state index in [4.69, 9.17) is 21.1 Å². The van der Waals surface area contributed by atoms with Crippen LogP contribution >= 0.6 is 27.5 Å². The molecule has 0 spiro atoms. The summed E-state index contributed by atoms with van der Waals surface area (Å²) in [6.45, 7) is 0.617. The van der Waals surface area contributed by atoms with Crippen molar-refractivity contribution in [2.75, 3.05) is 19.5 Å². The average Bonchev–Trinajstić information content (AvgIpc) is 2.45. The normalized spacial score (nSPS) is 10.2. The largest absolute Gasteiger partial charge is 0.495 e. The molecule has 1 heterocycles. The van der Waals surface area contributed by atoms with E-state index in [1.54, 1.807) is 38.7 Å². The van der Waals surface area contributed by atoms with Crippen molar-refractivity contribution in [3.63, 3.8) is 0 Å². The molecule has 0 radical (unpaired) electrons. The van der Waals surface area contributed by atoms with Crippen molar-refractivity contribution in [2.24, 2.45) is 0 Å². The topological polar surface area (TPSA) is 43.4 Å². The smallest absolute Gasteiger partial charge is 0.145 e. The highest BCUT2D eigenvalue weighted by molar-refractivity contribution is 9.10. The Bertz CT molecular complexity index is 608. The molecule has 0 fully saturated rings. The lowest BCUT2D eigenvalue weighted by atomic mass is 10.2. The van der Waals surface area contributed by atoms with Gasteiger partial charge in [0.25, 0.3) is 0 Å². The summed E-state index contributed by atoms with van der Waals surface area (Å²) in [5.74, 6) is 1.26. The van der Waals surface area contributed by atoms with Crippen LogP contribution in [-0.2, 0) is 6.54 Å². The van der Waals surface area contributed by atoms with Crippen LogP contribution in [0.15, 0.2) is 35.1 Å². The molecule has 0 aliphatic rings. The number of nitrogens with zero attached hydrogens (tertiary/aromatic N) is 1. The van der Waals surface area contributed by atoms with E-state index in [2.05, 4.69) is 26.2 Å². The first-order valence-corrected chi connectivity index (χ1v) is 7.06. The fourth-order valence-electron chi connectivity index (χ4n) is 1.75. The zero-order chi connectivity index (χ0) is 14.5. The minimum atomic E-state index is 0.531. The lowest BCUT2D eigenvalue weighted by molar-refractivity contribution is 0.395. The Kier molecular flexibility index (Phi) is 5.09. The first-order valence-electron chi connectivity index (χ1n) is 5.89. The Morgan fingerprint density at radius 3 is 2.55 bits per heavy atom. The Labute approximate surface area is 131 Å². The number of benzene rings is 1. The number of halogens is 2. The Balaban J connectivity index is 2.18. The molecule has 0 saturated carbocycles. The summed E-state index contributed by atoms with van der Waals surface area (Å²) in [5.41, 5.74) is 1.85. The fraction of sp³-hybridized carbons (Fsp3) is 0.214. The zero-order valence-corrected chi connectivity index (χ0v) is 13.5. The molecule has 20 heavy (non-hydrogen) atoms. The molecule has 2 rings (SSSR count). The zero-order valence-electron chi connectivity index (χ0n) is 11.1. The quantitative estimate of drug-likeness (QED) is 0.874. The van der Waals surface area contributed by atoms with Crippen LogP contribution in [0.4, 0.5) is 5.69 Å². The van der Waals surface area contributed by atoms with Crippen LogP contribution in [0.25, 0.3) is 0 Å². The second-order valence-electron chi connectivity index (χ2n) is 4.05. The summed E-state index contributed by atoms with van der Waals surface area (Å²) < 4.78 is 11.4. The number of hydrogen-bond acceptors (Lipinski definition) is 4. The molecule has 1 aromatic carbocycles. The maximum absolute atomic E-state index is 6.13. The molecule has 0 aliphatic carbocycles. The molecule has 4 nitrogen and oxygen atoms in total. The predicted molar refractivity (Wildman–Crippen MR) is 83.8 cm³/mol. The number of nitrogens with one attached hydrogen (secondary N) is 1. The van der Waals surface area contributed by atoms with Gasteiger partial charge in [-0.2, -0.15) is 0 Å². The van der Waals surface area contributed by atoms with Crippen LogP contribution < -0.4 is 14.8 Å². The molecule has 0 amide bonds. The Hall–Kier alpha value is -1.46. The van der Waals surface area contributed by atoms with Gasteiger partial charge in [0.05, 0.1) is 24.9 Å². The van der Waals surface area contributed by atoms with Gasteiger partial charge in [-0.05, 0) is 33.6 Å². The summed E-state index contributed by atoms with van der Waals surface area (Å²) in [6.07, 6.45) is 3.55. The molecule has 0 unspecified atom stereocenters. The molecule has 0 saturated heterocycles. The van der Waals surface area contributed by atoms with Gasteiger partial charge in [-0.25, -0.2) is 0 Å². The molecular formula is C14H14BrClN2O2. The molecular weight excluding hydrogens is 344 g/mol. The van der Waals surface area contributed by atoms with Gasteiger partial charge in [0.1, 0.15) is 11.5 Å². The van der Waals surface area contributed by atoms with Gasteiger partial charge < -0.3 is 14.8 Å². The number of ether oxygens (including phenoxy) is 2. The third kappa shape index (κ3) is 3.55. The monoisotopic (exact) mass is 356 g/mol. The average molecular weight is 358 g/mol. The lowest BCUT2D eigenvalue weighted by Crippen LogP contribution is -2.02. The molecule has 1 aromatic heterocycles. The van der Waals surface area contributed by atoms with E-state index < -0.39 is 0 Å². The van der Waals surface area contributed by atoms with Gasteiger partial charge in [-0.3, -0.25) is 4.98 Å². The van der Waals surface area contributed by atoms with E-state index >= 15 is 0 Å². The van der Waals surface area contributed by atoms with Crippen LogP contribution in [0, 0.1) is 0 Å². The molecule has 0 aliphatic heterocycles. The number of pyridine rings is 1. The number of hydrogen-bond donors (Lipinski definition) is 1. The Morgan fingerprint density at radius 1 is 1.15 bits per heavy atom. The van der Waals surface area contributed by atoms with Crippen molar-refractivity contribution in [1.82, 2.24) is 4.98 Å². The van der Waals surface area contributed by atoms with E-state index in [-0.39, 0.29) is 0 Å². The molecule has 6 heteroatoms. The molecule has 106 valence electrons. The minimum absolute atomic E-state index is 0.531. The summed E-state index contributed by atoms with van der Waals surface area (Å²) in [4.78, 5) is 4.12. The van der Waals surface area contributed by atoms with Crippen LogP contribution in [0.2, 0.25) is 5.02 Å². The van der Waals surface area contributed by atoms with E-state index in [9.17, 15) is 0 Å². The number of aromatic nitrogens is 1. The third-order valence-corrected chi connectivity index (χ3v) is 3.45. The van der Waals surface area contributed by atoms with Crippen molar-refractivity contribution in [2.45, 2.75) is 6.54 Å². The van der Waals surface area contributed by atoms with E-state index in [0.717, 1.165) is 15.7 Å². The van der Waals surface area contributed by atoms with Crippen molar-refractivity contribution in [3.05, 3.63) is 45.7 Å². The number of rotatable bonds is 5. The number of methoxy groups -OCH3 is 2. The Morgan fingerprint density at radius 2 is 1.90 bits per heavy atom. The lowest BCUT2D eigenvalue weighted by Gasteiger charge is -2.14. The highest BCUT2D eigenvalue weighted by Crippen LogP contribution is 2.36. The maximum Gasteiger partial charge on any atom is 0.145 e. The molecule has 0 atom stereocenters. The van der Waals surface area contributed by atoms with Gasteiger partial charge in [-0.15, -0.1) is 0 Å². The molecule has 0 bridgehead atoms. The van der Waals surface area contributed by atoms with Crippen LogP contribution in [0.1, 0.15) is 5.56 Å². The van der Waals surface area contributed by atoms with Gasteiger partial charge in [0.2, 0.25) is 0 Å². The van der Waals surface area contributed by atoms with E-state index in [1.165, 1.54) is 0 Å².